The largest absolute Gasteiger partial charge is 0.418 e. The number of rotatable bonds is 5. The summed E-state index contributed by atoms with van der Waals surface area (Å²) in [5, 5.41) is 6.96. The van der Waals surface area contributed by atoms with Crippen LogP contribution in [-0.2, 0) is 19.3 Å². The lowest BCUT2D eigenvalue weighted by atomic mass is 10.1. The molecule has 0 bridgehead atoms. The third-order valence-electron chi connectivity index (χ3n) is 3.01. The first kappa shape index (κ1) is 15.7. The molecule has 1 aromatic heterocycles. The molecule has 1 heterocycles. The molecule has 0 saturated carbocycles. The lowest BCUT2D eigenvalue weighted by Crippen LogP contribution is -2.13. The summed E-state index contributed by atoms with van der Waals surface area (Å²) in [6.45, 7) is 2.96. The molecule has 114 valence electrons. The first-order chi connectivity index (χ1) is 9.93. The van der Waals surface area contributed by atoms with Crippen LogP contribution in [0, 0.1) is 0 Å². The van der Waals surface area contributed by atoms with Crippen molar-refractivity contribution in [3.05, 3.63) is 46.7 Å². The number of anilines is 1. The van der Waals surface area contributed by atoms with E-state index in [0.717, 1.165) is 24.7 Å². The maximum Gasteiger partial charge on any atom is 0.418 e. The predicted molar refractivity (Wildman–Crippen MR) is 76.3 cm³/mol. The molecule has 0 aliphatic heterocycles. The Morgan fingerprint density at radius 1 is 1.29 bits per heavy atom. The van der Waals surface area contributed by atoms with Crippen molar-refractivity contribution < 1.29 is 13.2 Å². The van der Waals surface area contributed by atoms with E-state index in [4.69, 9.17) is 11.6 Å². The Kier molecular flexibility index (Phi) is 4.77. The highest BCUT2D eigenvalue weighted by molar-refractivity contribution is 6.33. The van der Waals surface area contributed by atoms with Crippen molar-refractivity contribution in [1.82, 2.24) is 9.78 Å². The van der Waals surface area contributed by atoms with Crippen LogP contribution in [0.25, 0.3) is 0 Å². The average Bonchev–Trinajstić information content (AvgIpc) is 2.84. The molecule has 0 atom stereocenters. The molecular formula is C14H15ClF3N3. The fourth-order valence-corrected chi connectivity index (χ4v) is 2.28. The summed E-state index contributed by atoms with van der Waals surface area (Å²) in [4.78, 5) is 0. The van der Waals surface area contributed by atoms with Gasteiger partial charge in [-0.3, -0.25) is 4.68 Å². The summed E-state index contributed by atoms with van der Waals surface area (Å²) in [5.74, 6) is 0. The fraction of sp³-hybridized carbons (Fsp3) is 0.357. The Morgan fingerprint density at radius 2 is 2.05 bits per heavy atom. The maximum atomic E-state index is 13.0. The number of aromatic nitrogens is 2. The standard InChI is InChI=1S/C14H15ClF3N3/c1-2-8-21-10(6-7-20-21)9-19-13-11(14(16,17)18)4-3-5-12(13)15/h3-7,19H,2,8-9H2,1H3. The summed E-state index contributed by atoms with van der Waals surface area (Å²) in [6.07, 6.45) is -1.92. The van der Waals surface area contributed by atoms with Crippen LogP contribution in [0.3, 0.4) is 0 Å². The molecule has 0 amide bonds. The molecule has 0 radical (unpaired) electrons. The van der Waals surface area contributed by atoms with Crippen molar-refractivity contribution in [2.75, 3.05) is 5.32 Å². The number of benzene rings is 1. The lowest BCUT2D eigenvalue weighted by molar-refractivity contribution is -0.136. The molecule has 2 aromatic rings. The molecule has 0 saturated heterocycles. The molecule has 21 heavy (non-hydrogen) atoms. The van der Waals surface area contributed by atoms with Gasteiger partial charge in [-0.05, 0) is 24.6 Å². The summed E-state index contributed by atoms with van der Waals surface area (Å²) < 4.78 is 40.7. The van der Waals surface area contributed by atoms with Gasteiger partial charge in [-0.1, -0.05) is 24.6 Å². The second kappa shape index (κ2) is 6.39. The van der Waals surface area contributed by atoms with Gasteiger partial charge in [0.25, 0.3) is 0 Å². The second-order valence-corrected chi connectivity index (χ2v) is 4.97. The molecule has 0 unspecified atom stereocenters. The van der Waals surface area contributed by atoms with E-state index in [1.807, 2.05) is 6.92 Å². The first-order valence-electron chi connectivity index (χ1n) is 6.53. The van der Waals surface area contributed by atoms with Crippen molar-refractivity contribution in [1.29, 1.82) is 0 Å². The van der Waals surface area contributed by atoms with Crippen LogP contribution in [0.4, 0.5) is 18.9 Å². The summed E-state index contributed by atoms with van der Waals surface area (Å²) in [7, 11) is 0. The Balaban J connectivity index is 2.22. The van der Waals surface area contributed by atoms with Gasteiger partial charge in [-0.2, -0.15) is 18.3 Å². The number of hydrogen-bond acceptors (Lipinski definition) is 2. The number of aryl methyl sites for hydroxylation is 1. The van der Waals surface area contributed by atoms with E-state index in [1.165, 1.54) is 12.1 Å². The average molecular weight is 318 g/mol. The zero-order chi connectivity index (χ0) is 15.5. The monoisotopic (exact) mass is 317 g/mol. The van der Waals surface area contributed by atoms with E-state index in [0.29, 0.717) is 0 Å². The number of nitrogens with one attached hydrogen (secondary N) is 1. The van der Waals surface area contributed by atoms with Crippen molar-refractivity contribution in [2.24, 2.45) is 0 Å². The third kappa shape index (κ3) is 3.69. The molecule has 3 nitrogen and oxygen atoms in total. The van der Waals surface area contributed by atoms with Crippen molar-refractivity contribution in [2.45, 2.75) is 32.6 Å². The van der Waals surface area contributed by atoms with Crippen molar-refractivity contribution >= 4 is 17.3 Å². The molecule has 2 rings (SSSR count). The van der Waals surface area contributed by atoms with Crippen LogP contribution in [0.2, 0.25) is 5.02 Å². The molecular weight excluding hydrogens is 303 g/mol. The van der Waals surface area contributed by atoms with Gasteiger partial charge < -0.3 is 5.32 Å². The van der Waals surface area contributed by atoms with Crippen LogP contribution >= 0.6 is 11.6 Å². The number of para-hydroxylation sites is 1. The van der Waals surface area contributed by atoms with Gasteiger partial charge in [0.1, 0.15) is 0 Å². The summed E-state index contributed by atoms with van der Waals surface area (Å²) in [5.41, 5.74) is -0.0580. The molecule has 0 spiro atoms. The van der Waals surface area contributed by atoms with E-state index in [1.54, 1.807) is 16.9 Å². The Hall–Kier alpha value is -1.69. The second-order valence-electron chi connectivity index (χ2n) is 4.56. The zero-order valence-corrected chi connectivity index (χ0v) is 12.2. The summed E-state index contributed by atoms with van der Waals surface area (Å²) >= 11 is 5.89. The Bertz CT molecular complexity index is 608. The zero-order valence-electron chi connectivity index (χ0n) is 11.4. The van der Waals surface area contributed by atoms with E-state index >= 15 is 0 Å². The minimum atomic E-state index is -4.45. The number of hydrogen-bond donors (Lipinski definition) is 1. The van der Waals surface area contributed by atoms with Crippen LogP contribution in [0.5, 0.6) is 0 Å². The molecule has 1 N–H and O–H groups in total. The molecule has 0 fully saturated rings. The Labute approximate surface area is 125 Å². The highest BCUT2D eigenvalue weighted by Gasteiger charge is 2.34. The topological polar surface area (TPSA) is 29.9 Å². The number of halogens is 4. The molecule has 7 heteroatoms. The van der Waals surface area contributed by atoms with Crippen molar-refractivity contribution in [3.8, 4) is 0 Å². The quantitative estimate of drug-likeness (QED) is 0.875. The fourth-order valence-electron chi connectivity index (χ4n) is 2.04. The SMILES string of the molecule is CCCn1nccc1CNc1c(Cl)cccc1C(F)(F)F. The van der Waals surface area contributed by atoms with Gasteiger partial charge in [0.15, 0.2) is 0 Å². The van der Waals surface area contributed by atoms with Crippen LogP contribution < -0.4 is 5.32 Å². The van der Waals surface area contributed by atoms with Crippen LogP contribution in [-0.4, -0.2) is 9.78 Å². The smallest absolute Gasteiger partial charge is 0.378 e. The highest BCUT2D eigenvalue weighted by Crippen LogP contribution is 2.38. The van der Waals surface area contributed by atoms with E-state index in [9.17, 15) is 13.2 Å². The van der Waals surface area contributed by atoms with E-state index < -0.39 is 11.7 Å². The summed E-state index contributed by atoms with van der Waals surface area (Å²) in [6, 6.07) is 5.50. The number of nitrogens with zero attached hydrogens (tertiary/aromatic N) is 2. The van der Waals surface area contributed by atoms with Gasteiger partial charge >= 0.3 is 6.18 Å². The van der Waals surface area contributed by atoms with E-state index in [-0.39, 0.29) is 17.3 Å². The maximum absolute atomic E-state index is 13.0. The van der Waals surface area contributed by atoms with Gasteiger partial charge in [-0.25, -0.2) is 0 Å². The van der Waals surface area contributed by atoms with Crippen molar-refractivity contribution in [3.63, 3.8) is 0 Å². The van der Waals surface area contributed by atoms with E-state index in [2.05, 4.69) is 10.4 Å². The molecule has 0 aliphatic carbocycles. The normalized spacial score (nSPS) is 11.7. The minimum Gasteiger partial charge on any atom is -0.378 e. The lowest BCUT2D eigenvalue weighted by Gasteiger charge is -2.16. The van der Waals surface area contributed by atoms with Crippen LogP contribution in [0.1, 0.15) is 24.6 Å². The van der Waals surface area contributed by atoms with Gasteiger partial charge in [0, 0.05) is 12.7 Å². The first-order valence-corrected chi connectivity index (χ1v) is 6.91. The Morgan fingerprint density at radius 3 is 2.71 bits per heavy atom. The molecule has 1 aromatic carbocycles. The predicted octanol–water partition coefficient (Wildman–Crippen LogP) is 4.58. The highest BCUT2D eigenvalue weighted by atomic mass is 35.5. The van der Waals surface area contributed by atoms with Gasteiger partial charge in [0.05, 0.1) is 28.5 Å². The number of alkyl halides is 3. The third-order valence-corrected chi connectivity index (χ3v) is 3.32. The van der Waals surface area contributed by atoms with Gasteiger partial charge in [-0.15, -0.1) is 0 Å². The van der Waals surface area contributed by atoms with Gasteiger partial charge in [0.2, 0.25) is 0 Å². The minimum absolute atomic E-state index is 0.0476. The van der Waals surface area contributed by atoms with Crippen LogP contribution in [0.15, 0.2) is 30.5 Å². The molecule has 0 aliphatic rings.